The standard InChI is InChI=1S/C11H19N3O/c15-8-4-2-1-3-5-12-9-11-10-13-6-7-14-11/h6-7,10,12,15H,1-5,8-9H2. The van der Waals surface area contributed by atoms with E-state index < -0.39 is 0 Å². The van der Waals surface area contributed by atoms with Gasteiger partial charge in [0.25, 0.3) is 0 Å². The highest BCUT2D eigenvalue weighted by atomic mass is 16.2. The number of nitrogens with one attached hydrogen (secondary N) is 1. The smallest absolute Gasteiger partial charge is 0.0724 e. The van der Waals surface area contributed by atoms with Crippen molar-refractivity contribution in [3.63, 3.8) is 0 Å². The normalized spacial score (nSPS) is 10.5. The van der Waals surface area contributed by atoms with Gasteiger partial charge in [0, 0.05) is 31.7 Å². The van der Waals surface area contributed by atoms with E-state index in [9.17, 15) is 0 Å². The lowest BCUT2D eigenvalue weighted by Gasteiger charge is -2.03. The van der Waals surface area contributed by atoms with Crippen LogP contribution in [0.25, 0.3) is 0 Å². The first kappa shape index (κ1) is 12.1. The number of hydrogen-bond donors (Lipinski definition) is 2. The second-order valence-electron chi connectivity index (χ2n) is 3.51. The van der Waals surface area contributed by atoms with Gasteiger partial charge in [0.15, 0.2) is 0 Å². The first-order chi connectivity index (χ1) is 7.43. The van der Waals surface area contributed by atoms with Crippen LogP contribution in [0.5, 0.6) is 0 Å². The molecule has 0 saturated heterocycles. The molecule has 0 aliphatic carbocycles. The highest BCUT2D eigenvalue weighted by Crippen LogP contribution is 1.98. The van der Waals surface area contributed by atoms with Gasteiger partial charge in [-0.2, -0.15) is 0 Å². The Hall–Kier alpha value is -1.00. The fourth-order valence-electron chi connectivity index (χ4n) is 1.35. The molecule has 1 aromatic heterocycles. The van der Waals surface area contributed by atoms with Gasteiger partial charge in [-0.1, -0.05) is 12.8 Å². The maximum absolute atomic E-state index is 8.59. The summed E-state index contributed by atoms with van der Waals surface area (Å²) in [6.45, 7) is 2.10. The van der Waals surface area contributed by atoms with Crippen LogP contribution in [0.15, 0.2) is 18.6 Å². The maximum atomic E-state index is 8.59. The van der Waals surface area contributed by atoms with Gasteiger partial charge >= 0.3 is 0 Å². The number of nitrogens with zero attached hydrogens (tertiary/aromatic N) is 2. The molecule has 4 heteroatoms. The first-order valence-electron chi connectivity index (χ1n) is 5.50. The molecule has 1 rings (SSSR count). The predicted molar refractivity (Wildman–Crippen MR) is 59.3 cm³/mol. The molecule has 0 aromatic carbocycles. The molecule has 15 heavy (non-hydrogen) atoms. The van der Waals surface area contributed by atoms with E-state index in [1.54, 1.807) is 18.6 Å². The van der Waals surface area contributed by atoms with Crippen LogP contribution in [0.2, 0.25) is 0 Å². The van der Waals surface area contributed by atoms with Crippen LogP contribution in [-0.4, -0.2) is 28.2 Å². The lowest BCUT2D eigenvalue weighted by molar-refractivity contribution is 0.282. The average molecular weight is 209 g/mol. The summed E-state index contributed by atoms with van der Waals surface area (Å²) in [5, 5.41) is 11.9. The van der Waals surface area contributed by atoms with Crippen LogP contribution in [-0.2, 0) is 6.54 Å². The minimum absolute atomic E-state index is 0.313. The number of aliphatic hydroxyl groups is 1. The van der Waals surface area contributed by atoms with E-state index in [0.29, 0.717) is 6.61 Å². The Balaban J connectivity index is 1.93. The molecule has 84 valence electrons. The molecule has 0 bridgehead atoms. The summed E-state index contributed by atoms with van der Waals surface area (Å²) in [6.07, 6.45) is 9.52. The topological polar surface area (TPSA) is 58.0 Å². The van der Waals surface area contributed by atoms with Gasteiger partial charge < -0.3 is 10.4 Å². The van der Waals surface area contributed by atoms with Gasteiger partial charge in [-0.3, -0.25) is 9.97 Å². The fraction of sp³-hybridized carbons (Fsp3) is 0.636. The monoisotopic (exact) mass is 209 g/mol. The van der Waals surface area contributed by atoms with Crippen molar-refractivity contribution in [2.45, 2.75) is 32.2 Å². The number of rotatable bonds is 8. The predicted octanol–water partition coefficient (Wildman–Crippen LogP) is 1.12. The molecule has 1 heterocycles. The van der Waals surface area contributed by atoms with E-state index in [-0.39, 0.29) is 0 Å². The van der Waals surface area contributed by atoms with Crippen molar-refractivity contribution in [1.29, 1.82) is 0 Å². The lowest BCUT2D eigenvalue weighted by atomic mass is 10.2. The Morgan fingerprint density at radius 2 is 2.00 bits per heavy atom. The summed E-state index contributed by atoms with van der Waals surface area (Å²) in [5.41, 5.74) is 0.979. The molecular formula is C11H19N3O. The van der Waals surface area contributed by atoms with E-state index in [1.807, 2.05) is 0 Å². The zero-order valence-electron chi connectivity index (χ0n) is 9.02. The van der Waals surface area contributed by atoms with Crippen LogP contribution in [0.4, 0.5) is 0 Å². The number of aromatic nitrogens is 2. The Kier molecular flexibility index (Phi) is 6.70. The summed E-state index contributed by atoms with van der Waals surface area (Å²) in [6, 6.07) is 0. The third-order valence-electron chi connectivity index (χ3n) is 2.18. The second kappa shape index (κ2) is 8.32. The highest BCUT2D eigenvalue weighted by molar-refractivity contribution is 4.93. The SMILES string of the molecule is OCCCCCCNCc1cnccn1. The van der Waals surface area contributed by atoms with Gasteiger partial charge in [-0.05, 0) is 19.4 Å². The van der Waals surface area contributed by atoms with Gasteiger partial charge in [-0.15, -0.1) is 0 Å². The van der Waals surface area contributed by atoms with Crippen molar-refractivity contribution in [3.05, 3.63) is 24.3 Å². The van der Waals surface area contributed by atoms with Crippen molar-refractivity contribution in [2.75, 3.05) is 13.2 Å². The molecule has 0 amide bonds. The van der Waals surface area contributed by atoms with Crippen LogP contribution in [0.1, 0.15) is 31.4 Å². The van der Waals surface area contributed by atoms with Crippen LogP contribution in [0.3, 0.4) is 0 Å². The number of unbranched alkanes of at least 4 members (excludes halogenated alkanes) is 3. The van der Waals surface area contributed by atoms with E-state index in [0.717, 1.165) is 38.0 Å². The summed E-state index contributed by atoms with van der Waals surface area (Å²) < 4.78 is 0. The molecule has 0 atom stereocenters. The van der Waals surface area contributed by atoms with E-state index in [1.165, 1.54) is 6.42 Å². The zero-order valence-corrected chi connectivity index (χ0v) is 9.02. The molecule has 0 radical (unpaired) electrons. The Morgan fingerprint density at radius 3 is 2.73 bits per heavy atom. The van der Waals surface area contributed by atoms with Crippen molar-refractivity contribution in [2.24, 2.45) is 0 Å². The van der Waals surface area contributed by atoms with Crippen LogP contribution >= 0.6 is 0 Å². The Morgan fingerprint density at radius 1 is 1.13 bits per heavy atom. The molecule has 0 unspecified atom stereocenters. The fourth-order valence-corrected chi connectivity index (χ4v) is 1.35. The van der Waals surface area contributed by atoms with Gasteiger partial charge in [-0.25, -0.2) is 0 Å². The third kappa shape index (κ3) is 6.14. The molecule has 0 saturated carbocycles. The van der Waals surface area contributed by atoms with Crippen molar-refractivity contribution >= 4 is 0 Å². The quantitative estimate of drug-likeness (QED) is 0.630. The van der Waals surface area contributed by atoms with E-state index in [4.69, 9.17) is 5.11 Å². The Labute approximate surface area is 90.8 Å². The van der Waals surface area contributed by atoms with E-state index >= 15 is 0 Å². The minimum Gasteiger partial charge on any atom is -0.396 e. The van der Waals surface area contributed by atoms with Gasteiger partial charge in [0.1, 0.15) is 0 Å². The van der Waals surface area contributed by atoms with Crippen molar-refractivity contribution < 1.29 is 5.11 Å². The third-order valence-corrected chi connectivity index (χ3v) is 2.18. The number of hydrogen-bond acceptors (Lipinski definition) is 4. The first-order valence-corrected chi connectivity index (χ1v) is 5.50. The van der Waals surface area contributed by atoms with Crippen LogP contribution in [0, 0.1) is 0 Å². The molecular weight excluding hydrogens is 190 g/mol. The number of aliphatic hydroxyl groups excluding tert-OH is 1. The minimum atomic E-state index is 0.313. The zero-order chi connectivity index (χ0) is 10.8. The van der Waals surface area contributed by atoms with Crippen LogP contribution < -0.4 is 5.32 Å². The molecule has 1 aromatic rings. The van der Waals surface area contributed by atoms with Gasteiger partial charge in [0.05, 0.1) is 5.69 Å². The molecule has 0 aliphatic rings. The Bertz CT molecular complexity index is 241. The van der Waals surface area contributed by atoms with Crippen molar-refractivity contribution in [1.82, 2.24) is 15.3 Å². The summed E-state index contributed by atoms with van der Waals surface area (Å²) >= 11 is 0. The summed E-state index contributed by atoms with van der Waals surface area (Å²) in [5.74, 6) is 0. The maximum Gasteiger partial charge on any atom is 0.0724 e. The largest absolute Gasteiger partial charge is 0.396 e. The second-order valence-corrected chi connectivity index (χ2v) is 3.51. The average Bonchev–Trinajstić information content (AvgIpc) is 2.29. The molecule has 0 spiro atoms. The summed E-state index contributed by atoms with van der Waals surface area (Å²) in [4.78, 5) is 8.16. The summed E-state index contributed by atoms with van der Waals surface area (Å²) in [7, 11) is 0. The molecule has 4 nitrogen and oxygen atoms in total. The van der Waals surface area contributed by atoms with Gasteiger partial charge in [0.2, 0.25) is 0 Å². The molecule has 2 N–H and O–H groups in total. The lowest BCUT2D eigenvalue weighted by Crippen LogP contribution is -2.15. The molecule has 0 fully saturated rings. The van der Waals surface area contributed by atoms with E-state index in [2.05, 4.69) is 15.3 Å². The van der Waals surface area contributed by atoms with Crippen molar-refractivity contribution in [3.8, 4) is 0 Å². The molecule has 0 aliphatic heterocycles. The highest BCUT2D eigenvalue weighted by Gasteiger charge is 1.93.